The van der Waals surface area contributed by atoms with E-state index in [2.05, 4.69) is 71.0 Å². The number of nitrogens with zero attached hydrogens (tertiary/aromatic N) is 1. The molecule has 0 radical (unpaired) electrons. The highest BCUT2D eigenvalue weighted by molar-refractivity contribution is 5.42. The van der Waals surface area contributed by atoms with Gasteiger partial charge in [-0.1, -0.05) is 41.5 Å². The highest BCUT2D eigenvalue weighted by atomic mass is 14.3. The summed E-state index contributed by atoms with van der Waals surface area (Å²) in [4.78, 5) is 0. The maximum Gasteiger partial charge on any atom is 0.0755 e. The molecule has 1 unspecified atom stereocenters. The van der Waals surface area contributed by atoms with Crippen LogP contribution in [0.2, 0.25) is 0 Å². The minimum absolute atomic E-state index is 0.0787. The molecule has 2 aromatic carbocycles. The van der Waals surface area contributed by atoms with E-state index in [1.807, 2.05) is 0 Å². The molecule has 2 aromatic rings. The van der Waals surface area contributed by atoms with Crippen LogP contribution in [-0.2, 0) is 6.42 Å². The maximum absolute atomic E-state index is 9.64. The average Bonchev–Trinajstić information content (AvgIpc) is 2.41. The molecule has 0 spiro atoms. The monoisotopic (exact) mass is 277 g/mol. The molecular weight excluding hydrogens is 254 g/mol. The molecule has 1 atom stereocenters. The fourth-order valence-corrected chi connectivity index (χ4v) is 3.10. The average molecular weight is 277 g/mol. The van der Waals surface area contributed by atoms with Crippen LogP contribution in [0.5, 0.6) is 0 Å². The van der Waals surface area contributed by atoms with E-state index in [0.717, 1.165) is 12.0 Å². The van der Waals surface area contributed by atoms with Gasteiger partial charge in [-0.15, -0.1) is 0 Å². The van der Waals surface area contributed by atoms with Crippen LogP contribution in [0, 0.1) is 45.9 Å². The molecule has 21 heavy (non-hydrogen) atoms. The van der Waals surface area contributed by atoms with Gasteiger partial charge in [-0.2, -0.15) is 5.26 Å². The van der Waals surface area contributed by atoms with E-state index < -0.39 is 0 Å². The molecule has 2 rings (SSSR count). The quantitative estimate of drug-likeness (QED) is 0.767. The van der Waals surface area contributed by atoms with Crippen LogP contribution in [0.3, 0.4) is 0 Å². The highest BCUT2D eigenvalue weighted by Gasteiger charge is 2.16. The first kappa shape index (κ1) is 15.3. The zero-order valence-corrected chi connectivity index (χ0v) is 13.6. The number of aryl methyl sites for hydroxylation is 5. The van der Waals surface area contributed by atoms with Crippen molar-refractivity contribution in [2.24, 2.45) is 0 Å². The van der Waals surface area contributed by atoms with Gasteiger partial charge in [0.2, 0.25) is 0 Å². The standard InChI is InChI=1S/C20H23N/c1-13-6-7-15(3)20(10-13)18(12-21)11-19-16(4)8-14(2)9-17(19)5/h6-10,18H,11H2,1-5H3. The molecule has 0 aromatic heterocycles. The van der Waals surface area contributed by atoms with Crippen molar-refractivity contribution in [2.45, 2.75) is 47.0 Å². The summed E-state index contributed by atoms with van der Waals surface area (Å²) in [5.74, 6) is -0.0787. The van der Waals surface area contributed by atoms with Crippen molar-refractivity contribution >= 4 is 0 Å². The van der Waals surface area contributed by atoms with Gasteiger partial charge in [-0.05, 0) is 68.9 Å². The molecule has 0 heterocycles. The highest BCUT2D eigenvalue weighted by Crippen LogP contribution is 2.28. The van der Waals surface area contributed by atoms with Crippen LogP contribution in [-0.4, -0.2) is 0 Å². The lowest BCUT2D eigenvalue weighted by Crippen LogP contribution is -2.06. The molecule has 0 saturated heterocycles. The van der Waals surface area contributed by atoms with Crippen molar-refractivity contribution in [3.63, 3.8) is 0 Å². The van der Waals surface area contributed by atoms with Gasteiger partial charge in [0.1, 0.15) is 0 Å². The molecule has 1 nitrogen and oxygen atoms in total. The van der Waals surface area contributed by atoms with Gasteiger partial charge < -0.3 is 0 Å². The normalized spacial score (nSPS) is 12.0. The summed E-state index contributed by atoms with van der Waals surface area (Å²) in [5, 5.41) is 9.64. The molecule has 0 bridgehead atoms. The Hall–Kier alpha value is -2.07. The van der Waals surface area contributed by atoms with Crippen molar-refractivity contribution in [1.82, 2.24) is 0 Å². The van der Waals surface area contributed by atoms with Gasteiger partial charge in [0.25, 0.3) is 0 Å². The van der Waals surface area contributed by atoms with Crippen molar-refractivity contribution in [3.8, 4) is 6.07 Å². The van der Waals surface area contributed by atoms with E-state index in [4.69, 9.17) is 0 Å². The predicted octanol–water partition coefficient (Wildman–Crippen LogP) is 5.08. The number of nitriles is 1. The molecule has 0 N–H and O–H groups in total. The molecule has 0 aliphatic heterocycles. The van der Waals surface area contributed by atoms with Gasteiger partial charge in [0.15, 0.2) is 0 Å². The van der Waals surface area contributed by atoms with Crippen LogP contribution in [0.1, 0.15) is 44.9 Å². The summed E-state index contributed by atoms with van der Waals surface area (Å²) in [6, 6.07) is 13.3. The second-order valence-electron chi connectivity index (χ2n) is 6.12. The Labute approximate surface area is 128 Å². The minimum Gasteiger partial charge on any atom is -0.198 e. The van der Waals surface area contributed by atoms with Crippen molar-refractivity contribution in [1.29, 1.82) is 5.26 Å². The molecule has 0 amide bonds. The van der Waals surface area contributed by atoms with Crippen molar-refractivity contribution in [2.75, 3.05) is 0 Å². The van der Waals surface area contributed by atoms with Crippen LogP contribution in [0.25, 0.3) is 0 Å². The van der Waals surface area contributed by atoms with Crippen LogP contribution in [0.4, 0.5) is 0 Å². The SMILES string of the molecule is Cc1cc(C)c(CC(C#N)c2cc(C)ccc2C)c(C)c1. The summed E-state index contributed by atoms with van der Waals surface area (Å²) >= 11 is 0. The van der Waals surface area contributed by atoms with Crippen LogP contribution in [0.15, 0.2) is 30.3 Å². The Kier molecular flexibility index (Phi) is 4.48. The van der Waals surface area contributed by atoms with E-state index in [1.165, 1.54) is 33.4 Å². The third-order valence-corrected chi connectivity index (χ3v) is 4.21. The Balaban J connectivity index is 2.41. The largest absolute Gasteiger partial charge is 0.198 e. The molecule has 1 heteroatoms. The van der Waals surface area contributed by atoms with Crippen molar-refractivity contribution < 1.29 is 0 Å². The smallest absolute Gasteiger partial charge is 0.0755 e. The molecule has 0 aliphatic rings. The first-order chi connectivity index (χ1) is 9.92. The van der Waals surface area contributed by atoms with Gasteiger partial charge in [-0.3, -0.25) is 0 Å². The Morgan fingerprint density at radius 1 is 0.857 bits per heavy atom. The lowest BCUT2D eigenvalue weighted by Gasteiger charge is -2.17. The summed E-state index contributed by atoms with van der Waals surface area (Å²) in [6.07, 6.45) is 0.790. The third kappa shape index (κ3) is 3.34. The Morgan fingerprint density at radius 3 is 2.05 bits per heavy atom. The first-order valence-corrected chi connectivity index (χ1v) is 7.46. The zero-order valence-electron chi connectivity index (χ0n) is 13.6. The summed E-state index contributed by atoms with van der Waals surface area (Å²) in [5.41, 5.74) is 8.76. The minimum atomic E-state index is -0.0787. The van der Waals surface area contributed by atoms with Gasteiger partial charge in [-0.25, -0.2) is 0 Å². The van der Waals surface area contributed by atoms with E-state index >= 15 is 0 Å². The van der Waals surface area contributed by atoms with Gasteiger partial charge >= 0.3 is 0 Å². The zero-order chi connectivity index (χ0) is 15.6. The molecule has 108 valence electrons. The summed E-state index contributed by atoms with van der Waals surface area (Å²) < 4.78 is 0. The molecule has 0 aliphatic carbocycles. The number of rotatable bonds is 3. The number of benzene rings is 2. The van der Waals surface area contributed by atoms with E-state index in [0.29, 0.717) is 0 Å². The predicted molar refractivity (Wildman–Crippen MR) is 88.6 cm³/mol. The number of hydrogen-bond acceptors (Lipinski definition) is 1. The number of hydrogen-bond donors (Lipinski definition) is 0. The third-order valence-electron chi connectivity index (χ3n) is 4.21. The fourth-order valence-electron chi connectivity index (χ4n) is 3.10. The van der Waals surface area contributed by atoms with E-state index in [1.54, 1.807) is 0 Å². The second kappa shape index (κ2) is 6.14. The summed E-state index contributed by atoms with van der Waals surface area (Å²) in [7, 11) is 0. The second-order valence-corrected chi connectivity index (χ2v) is 6.12. The lowest BCUT2D eigenvalue weighted by molar-refractivity contribution is 0.827. The maximum atomic E-state index is 9.64. The van der Waals surface area contributed by atoms with Crippen LogP contribution >= 0.6 is 0 Å². The molecule has 0 fully saturated rings. The van der Waals surface area contributed by atoms with Gasteiger partial charge in [0.05, 0.1) is 12.0 Å². The van der Waals surface area contributed by atoms with Crippen LogP contribution < -0.4 is 0 Å². The topological polar surface area (TPSA) is 23.8 Å². The molecular formula is C20H23N. The summed E-state index contributed by atoms with van der Waals surface area (Å²) in [6.45, 7) is 10.6. The van der Waals surface area contributed by atoms with Crippen molar-refractivity contribution in [3.05, 3.63) is 69.3 Å². The van der Waals surface area contributed by atoms with E-state index in [-0.39, 0.29) is 5.92 Å². The molecule has 0 saturated carbocycles. The Morgan fingerprint density at radius 2 is 1.48 bits per heavy atom. The first-order valence-electron chi connectivity index (χ1n) is 7.46. The fraction of sp³-hybridized carbons (Fsp3) is 0.350. The van der Waals surface area contributed by atoms with E-state index in [9.17, 15) is 5.26 Å². The Bertz CT molecular complexity index is 681. The van der Waals surface area contributed by atoms with Gasteiger partial charge in [0, 0.05) is 0 Å². The lowest BCUT2D eigenvalue weighted by atomic mass is 9.86.